The van der Waals surface area contributed by atoms with Crippen LogP contribution in [0.5, 0.6) is 0 Å². The van der Waals surface area contributed by atoms with Gasteiger partial charge in [0.15, 0.2) is 5.78 Å². The Bertz CT molecular complexity index is 999. The lowest BCUT2D eigenvalue weighted by atomic mass is 9.74. The van der Waals surface area contributed by atoms with E-state index in [9.17, 15) is 10.1 Å². The van der Waals surface area contributed by atoms with Crippen molar-refractivity contribution in [3.8, 4) is 6.07 Å². The van der Waals surface area contributed by atoms with Crippen LogP contribution in [0.25, 0.3) is 0 Å². The van der Waals surface area contributed by atoms with Gasteiger partial charge in [0.05, 0.1) is 17.6 Å². The number of nitrogens with two attached hydrogens (primary N) is 1. The van der Waals surface area contributed by atoms with E-state index >= 15 is 0 Å². The third kappa shape index (κ3) is 2.93. The van der Waals surface area contributed by atoms with Gasteiger partial charge in [-0.1, -0.05) is 36.4 Å². The van der Waals surface area contributed by atoms with Crippen LogP contribution in [0.4, 0.5) is 0 Å². The highest BCUT2D eigenvalue weighted by atomic mass is 32.1. The number of benzene rings is 1. The summed E-state index contributed by atoms with van der Waals surface area (Å²) in [6.07, 6.45) is 1.16. The van der Waals surface area contributed by atoms with Crippen LogP contribution in [-0.4, -0.2) is 29.9 Å². The highest BCUT2D eigenvalue weighted by Crippen LogP contribution is 2.48. The molecule has 2 aromatic rings. The Morgan fingerprint density at radius 1 is 1.18 bits per heavy atom. The topological polar surface area (TPSA) is 73.4 Å². The standard InChI is InChI=1S/C22H22N4OS/c1-25(2)26-17-11-15(14-7-4-3-5-8-14)12-18(27)21(17)20(16(13-23)22(26)24)19-9-6-10-28-19/h3-10,15,20H,11-12,24H2,1-2H3/t15-,20+/m1/s1. The molecule has 142 valence electrons. The van der Waals surface area contributed by atoms with Crippen LogP contribution in [0.15, 0.2) is 70.5 Å². The summed E-state index contributed by atoms with van der Waals surface area (Å²) in [5, 5.41) is 15.5. The van der Waals surface area contributed by atoms with Crippen molar-refractivity contribution in [2.45, 2.75) is 24.7 Å². The molecule has 1 aromatic carbocycles. The van der Waals surface area contributed by atoms with E-state index in [1.54, 1.807) is 11.3 Å². The number of allylic oxidation sites excluding steroid dienone is 3. The quantitative estimate of drug-likeness (QED) is 0.865. The molecule has 2 aliphatic rings. The van der Waals surface area contributed by atoms with Crippen LogP contribution < -0.4 is 5.73 Å². The first-order valence-electron chi connectivity index (χ1n) is 9.24. The predicted octanol–water partition coefficient (Wildman–Crippen LogP) is 3.72. The summed E-state index contributed by atoms with van der Waals surface area (Å²) in [4.78, 5) is 14.4. The highest BCUT2D eigenvalue weighted by molar-refractivity contribution is 7.10. The van der Waals surface area contributed by atoms with Gasteiger partial charge in [-0.2, -0.15) is 5.26 Å². The Hall–Kier alpha value is -2.88. The van der Waals surface area contributed by atoms with Gasteiger partial charge in [-0.05, 0) is 29.3 Å². The maximum Gasteiger partial charge on any atom is 0.162 e. The Kier molecular flexibility index (Phi) is 4.80. The van der Waals surface area contributed by atoms with E-state index in [0.29, 0.717) is 29.8 Å². The van der Waals surface area contributed by atoms with Crippen LogP contribution in [0.3, 0.4) is 0 Å². The normalized spacial score (nSPS) is 22.5. The third-order valence-corrected chi connectivity index (χ3v) is 6.38. The molecule has 1 aromatic heterocycles. The van der Waals surface area contributed by atoms with Gasteiger partial charge in [-0.3, -0.25) is 9.80 Å². The van der Waals surface area contributed by atoms with Crippen molar-refractivity contribution in [1.82, 2.24) is 10.0 Å². The van der Waals surface area contributed by atoms with Gasteiger partial charge in [-0.25, -0.2) is 5.01 Å². The molecule has 5 nitrogen and oxygen atoms in total. The molecule has 0 saturated heterocycles. The number of nitriles is 1. The molecule has 0 saturated carbocycles. The van der Waals surface area contributed by atoms with E-state index in [4.69, 9.17) is 5.73 Å². The lowest BCUT2D eigenvalue weighted by molar-refractivity contribution is -0.117. The van der Waals surface area contributed by atoms with Crippen LogP contribution in [-0.2, 0) is 4.79 Å². The Balaban J connectivity index is 1.88. The van der Waals surface area contributed by atoms with Crippen LogP contribution in [0.1, 0.15) is 35.1 Å². The molecule has 2 N–H and O–H groups in total. The van der Waals surface area contributed by atoms with Crippen molar-refractivity contribution in [2.24, 2.45) is 5.73 Å². The predicted molar refractivity (Wildman–Crippen MR) is 110 cm³/mol. The van der Waals surface area contributed by atoms with Crippen molar-refractivity contribution in [1.29, 1.82) is 5.26 Å². The molecule has 1 aliphatic carbocycles. The largest absolute Gasteiger partial charge is 0.383 e. The van der Waals surface area contributed by atoms with Gasteiger partial charge in [0, 0.05) is 36.7 Å². The Labute approximate surface area is 169 Å². The van der Waals surface area contributed by atoms with Crippen molar-refractivity contribution in [3.63, 3.8) is 0 Å². The second-order valence-electron chi connectivity index (χ2n) is 7.32. The minimum atomic E-state index is -0.375. The van der Waals surface area contributed by atoms with Crippen LogP contribution >= 0.6 is 11.3 Å². The monoisotopic (exact) mass is 390 g/mol. The zero-order valence-corrected chi connectivity index (χ0v) is 16.7. The second kappa shape index (κ2) is 7.27. The zero-order chi connectivity index (χ0) is 19.8. The molecule has 1 aliphatic heterocycles. The number of carbonyl (C=O) groups is 1. The molecule has 0 spiro atoms. The van der Waals surface area contributed by atoms with Gasteiger partial charge in [0.1, 0.15) is 5.82 Å². The van der Waals surface area contributed by atoms with E-state index in [0.717, 1.165) is 16.1 Å². The van der Waals surface area contributed by atoms with Gasteiger partial charge in [0.25, 0.3) is 0 Å². The SMILES string of the molecule is CN(C)N1C(N)=C(C#N)[C@@H](c2cccs2)C2=C1C[C@@H](c1ccccc1)CC2=O. The summed E-state index contributed by atoms with van der Waals surface area (Å²) in [7, 11) is 3.77. The summed E-state index contributed by atoms with van der Waals surface area (Å²) in [6, 6.07) is 16.3. The lowest BCUT2D eigenvalue weighted by Gasteiger charge is -2.43. The van der Waals surface area contributed by atoms with Crippen molar-refractivity contribution in [2.75, 3.05) is 14.1 Å². The van der Waals surface area contributed by atoms with E-state index in [2.05, 4.69) is 18.2 Å². The molecule has 0 bridgehead atoms. The number of nitrogens with zero attached hydrogens (tertiary/aromatic N) is 3. The first kappa shape index (κ1) is 18.5. The molecule has 6 heteroatoms. The number of hydrogen-bond donors (Lipinski definition) is 1. The van der Waals surface area contributed by atoms with E-state index in [1.165, 1.54) is 0 Å². The van der Waals surface area contributed by atoms with Crippen molar-refractivity contribution < 1.29 is 4.79 Å². The average Bonchev–Trinajstić information content (AvgIpc) is 3.21. The smallest absolute Gasteiger partial charge is 0.162 e. The molecule has 2 atom stereocenters. The molecule has 4 rings (SSSR count). The number of rotatable bonds is 3. The van der Waals surface area contributed by atoms with E-state index in [1.807, 2.05) is 59.8 Å². The number of hydrogen-bond acceptors (Lipinski definition) is 6. The fourth-order valence-corrected chi connectivity index (χ4v) is 5.11. The third-order valence-electron chi connectivity index (χ3n) is 5.44. The number of hydrazine groups is 1. The summed E-state index contributed by atoms with van der Waals surface area (Å²) in [5.74, 6) is 0.238. The molecule has 0 fully saturated rings. The highest BCUT2D eigenvalue weighted by Gasteiger charge is 2.43. The van der Waals surface area contributed by atoms with Crippen molar-refractivity contribution >= 4 is 17.1 Å². The lowest BCUT2D eigenvalue weighted by Crippen LogP contribution is -2.45. The molecular weight excluding hydrogens is 368 g/mol. The number of ketones is 1. The average molecular weight is 391 g/mol. The number of carbonyl (C=O) groups excluding carboxylic acids is 1. The molecule has 0 amide bonds. The van der Waals surface area contributed by atoms with Gasteiger partial charge in [-0.15, -0.1) is 11.3 Å². The van der Waals surface area contributed by atoms with E-state index < -0.39 is 0 Å². The molecular formula is C22H22N4OS. The summed E-state index contributed by atoms with van der Waals surface area (Å²) >= 11 is 1.56. The molecule has 0 unspecified atom stereocenters. The van der Waals surface area contributed by atoms with Crippen LogP contribution in [0, 0.1) is 11.3 Å². The summed E-state index contributed by atoms with van der Waals surface area (Å²) < 4.78 is 0. The maximum absolute atomic E-state index is 13.4. The Morgan fingerprint density at radius 3 is 2.54 bits per heavy atom. The van der Waals surface area contributed by atoms with Gasteiger partial charge < -0.3 is 5.73 Å². The number of Topliss-reactive ketones (excluding diaryl/α,β-unsaturated/α-hetero) is 1. The number of thiophene rings is 1. The minimum absolute atomic E-state index is 0.0978. The fourth-order valence-electron chi connectivity index (χ4n) is 4.27. The molecule has 28 heavy (non-hydrogen) atoms. The molecule has 0 radical (unpaired) electrons. The van der Waals surface area contributed by atoms with Crippen molar-refractivity contribution in [3.05, 3.63) is 80.9 Å². The maximum atomic E-state index is 13.4. The van der Waals surface area contributed by atoms with Gasteiger partial charge in [0.2, 0.25) is 0 Å². The van der Waals surface area contributed by atoms with E-state index in [-0.39, 0.29) is 17.6 Å². The first-order chi connectivity index (χ1) is 13.5. The fraction of sp³-hybridized carbons (Fsp3) is 0.273. The summed E-state index contributed by atoms with van der Waals surface area (Å²) in [5.41, 5.74) is 9.69. The second-order valence-corrected chi connectivity index (χ2v) is 8.30. The first-order valence-corrected chi connectivity index (χ1v) is 10.1. The summed E-state index contributed by atoms with van der Waals surface area (Å²) in [6.45, 7) is 0. The van der Waals surface area contributed by atoms with Crippen LogP contribution in [0.2, 0.25) is 0 Å². The zero-order valence-electron chi connectivity index (χ0n) is 15.9. The Morgan fingerprint density at radius 2 is 1.93 bits per heavy atom. The minimum Gasteiger partial charge on any atom is -0.383 e. The van der Waals surface area contributed by atoms with Gasteiger partial charge >= 0.3 is 0 Å². The molecule has 2 heterocycles.